The Morgan fingerprint density at radius 2 is 1.96 bits per heavy atom. The largest absolute Gasteiger partial charge is 0.335 e. The van der Waals surface area contributed by atoms with Gasteiger partial charge in [0.2, 0.25) is 10.0 Å². The van der Waals surface area contributed by atoms with Gasteiger partial charge in [-0.2, -0.15) is 0 Å². The predicted octanol–water partition coefficient (Wildman–Crippen LogP) is 3.04. The Labute approximate surface area is 152 Å². The Morgan fingerprint density at radius 1 is 1.23 bits per heavy atom. The second-order valence-electron chi connectivity index (χ2n) is 6.58. The third-order valence-electron chi connectivity index (χ3n) is 4.44. The summed E-state index contributed by atoms with van der Waals surface area (Å²) in [4.78, 5) is 14.7. The fourth-order valence-electron chi connectivity index (χ4n) is 3.30. The van der Waals surface area contributed by atoms with E-state index in [4.69, 9.17) is 0 Å². The molecule has 0 unspecified atom stereocenters. The van der Waals surface area contributed by atoms with Gasteiger partial charge in [0, 0.05) is 23.8 Å². The zero-order chi connectivity index (χ0) is 18.7. The van der Waals surface area contributed by atoms with Gasteiger partial charge in [0.1, 0.15) is 5.82 Å². The summed E-state index contributed by atoms with van der Waals surface area (Å²) in [5, 5.41) is 0. The van der Waals surface area contributed by atoms with Crippen LogP contribution in [0.2, 0.25) is 0 Å². The van der Waals surface area contributed by atoms with E-state index in [1.165, 1.54) is 12.1 Å². The molecular formula is C19H21FN2O3S. The third-order valence-corrected chi connectivity index (χ3v) is 5.04. The van der Waals surface area contributed by atoms with Crippen LogP contribution in [0.5, 0.6) is 0 Å². The maximum absolute atomic E-state index is 13.1. The van der Waals surface area contributed by atoms with Crippen molar-refractivity contribution in [1.82, 2.24) is 4.90 Å². The van der Waals surface area contributed by atoms with Crippen molar-refractivity contribution in [3.63, 3.8) is 0 Å². The van der Waals surface area contributed by atoms with E-state index in [0.29, 0.717) is 24.2 Å². The van der Waals surface area contributed by atoms with Crippen LogP contribution in [0.15, 0.2) is 48.5 Å². The van der Waals surface area contributed by atoms with Gasteiger partial charge in [-0.25, -0.2) is 12.8 Å². The van der Waals surface area contributed by atoms with E-state index in [1.54, 1.807) is 36.4 Å². The van der Waals surface area contributed by atoms with Crippen molar-refractivity contribution in [2.24, 2.45) is 0 Å². The first kappa shape index (κ1) is 18.4. The Bertz CT molecular complexity index is 897. The van der Waals surface area contributed by atoms with Crippen LogP contribution in [-0.2, 0) is 16.4 Å². The van der Waals surface area contributed by atoms with E-state index in [2.05, 4.69) is 4.72 Å². The van der Waals surface area contributed by atoms with Gasteiger partial charge in [-0.15, -0.1) is 0 Å². The van der Waals surface area contributed by atoms with Gasteiger partial charge >= 0.3 is 0 Å². The first-order chi connectivity index (χ1) is 12.3. The van der Waals surface area contributed by atoms with Crippen molar-refractivity contribution in [2.75, 3.05) is 17.5 Å². The Kier molecular flexibility index (Phi) is 5.27. The van der Waals surface area contributed by atoms with E-state index in [-0.39, 0.29) is 17.8 Å². The van der Waals surface area contributed by atoms with Crippen LogP contribution in [0.3, 0.4) is 0 Å². The highest BCUT2D eigenvalue weighted by Crippen LogP contribution is 2.24. The number of anilines is 1. The van der Waals surface area contributed by atoms with Crippen LogP contribution < -0.4 is 4.72 Å². The lowest BCUT2D eigenvalue weighted by atomic mass is 10.0. The molecule has 1 saturated heterocycles. The van der Waals surface area contributed by atoms with Gasteiger partial charge in [0.25, 0.3) is 5.91 Å². The minimum absolute atomic E-state index is 0.0551. The van der Waals surface area contributed by atoms with E-state index < -0.39 is 10.0 Å². The van der Waals surface area contributed by atoms with Crippen molar-refractivity contribution in [3.8, 4) is 0 Å². The molecule has 5 nitrogen and oxygen atoms in total. The third kappa shape index (κ3) is 4.60. The number of carbonyl (C=O) groups excluding carboxylic acids is 1. The van der Waals surface area contributed by atoms with Crippen molar-refractivity contribution in [1.29, 1.82) is 0 Å². The molecule has 138 valence electrons. The maximum Gasteiger partial charge on any atom is 0.254 e. The number of nitrogens with one attached hydrogen (secondary N) is 1. The van der Waals surface area contributed by atoms with Gasteiger partial charge in [-0.1, -0.05) is 18.2 Å². The van der Waals surface area contributed by atoms with Gasteiger partial charge in [-0.05, 0) is 55.2 Å². The Hall–Kier alpha value is -2.41. The summed E-state index contributed by atoms with van der Waals surface area (Å²) in [6.07, 6.45) is 3.55. The summed E-state index contributed by atoms with van der Waals surface area (Å²) >= 11 is 0. The first-order valence-corrected chi connectivity index (χ1v) is 10.3. The second-order valence-corrected chi connectivity index (χ2v) is 8.33. The minimum atomic E-state index is -3.40. The van der Waals surface area contributed by atoms with Crippen LogP contribution in [0.4, 0.5) is 10.1 Å². The molecule has 1 heterocycles. The van der Waals surface area contributed by atoms with Crippen LogP contribution in [0, 0.1) is 5.82 Å². The highest BCUT2D eigenvalue weighted by atomic mass is 32.2. The second kappa shape index (κ2) is 7.45. The molecule has 1 amide bonds. The molecule has 0 spiro atoms. The molecule has 1 atom stereocenters. The van der Waals surface area contributed by atoms with Crippen LogP contribution in [0.25, 0.3) is 0 Å². The smallest absolute Gasteiger partial charge is 0.254 e. The average Bonchev–Trinajstić information content (AvgIpc) is 3.03. The standard InChI is InChI=1S/C19H21FN2O3S/c1-26(24,25)21-17-5-2-4-15(13-17)19(23)22-11-3-6-18(22)12-14-7-9-16(20)10-8-14/h2,4-5,7-10,13,18,21H,3,6,11-12H2,1H3/t18-/m0/s1. The lowest BCUT2D eigenvalue weighted by Crippen LogP contribution is -2.36. The molecular weight excluding hydrogens is 355 g/mol. The molecule has 3 rings (SSSR count). The summed E-state index contributed by atoms with van der Waals surface area (Å²) in [6.45, 7) is 0.661. The Balaban J connectivity index is 1.75. The molecule has 2 aromatic carbocycles. The minimum Gasteiger partial charge on any atom is -0.335 e. The molecule has 0 radical (unpaired) electrons. The monoisotopic (exact) mass is 376 g/mol. The maximum atomic E-state index is 13.1. The summed E-state index contributed by atoms with van der Waals surface area (Å²) in [5.74, 6) is -0.393. The van der Waals surface area contributed by atoms with Gasteiger partial charge in [0.15, 0.2) is 0 Å². The quantitative estimate of drug-likeness (QED) is 0.872. The SMILES string of the molecule is CS(=O)(=O)Nc1cccc(C(=O)N2CCC[C@H]2Cc2ccc(F)cc2)c1. The number of hydrogen-bond donors (Lipinski definition) is 1. The van der Waals surface area contributed by atoms with E-state index in [0.717, 1.165) is 24.7 Å². The topological polar surface area (TPSA) is 66.5 Å². The summed E-state index contributed by atoms with van der Waals surface area (Å²) < 4.78 is 38.2. The number of amides is 1. The van der Waals surface area contributed by atoms with E-state index in [9.17, 15) is 17.6 Å². The first-order valence-electron chi connectivity index (χ1n) is 8.45. The van der Waals surface area contributed by atoms with E-state index >= 15 is 0 Å². The molecule has 0 bridgehead atoms. The fourth-order valence-corrected chi connectivity index (χ4v) is 3.86. The van der Waals surface area contributed by atoms with Crippen LogP contribution >= 0.6 is 0 Å². The molecule has 1 aliphatic heterocycles. The van der Waals surface area contributed by atoms with Crippen LogP contribution in [0.1, 0.15) is 28.8 Å². The molecule has 7 heteroatoms. The molecule has 1 fully saturated rings. The summed E-state index contributed by atoms with van der Waals surface area (Å²) in [6, 6.07) is 12.9. The number of carbonyl (C=O) groups is 1. The molecule has 0 saturated carbocycles. The van der Waals surface area contributed by atoms with E-state index in [1.807, 2.05) is 4.90 Å². The average molecular weight is 376 g/mol. The van der Waals surface area contributed by atoms with Crippen molar-refractivity contribution in [3.05, 3.63) is 65.5 Å². The number of benzene rings is 2. The summed E-state index contributed by atoms with van der Waals surface area (Å²) in [5.41, 5.74) is 1.81. The van der Waals surface area contributed by atoms with Gasteiger partial charge in [0.05, 0.1) is 6.26 Å². The van der Waals surface area contributed by atoms with Crippen molar-refractivity contribution >= 4 is 21.6 Å². The van der Waals surface area contributed by atoms with Crippen LogP contribution in [-0.4, -0.2) is 38.1 Å². The predicted molar refractivity (Wildman–Crippen MR) is 99.1 cm³/mol. The van der Waals surface area contributed by atoms with Crippen molar-refractivity contribution in [2.45, 2.75) is 25.3 Å². The van der Waals surface area contributed by atoms with Gasteiger partial charge in [-0.3, -0.25) is 9.52 Å². The number of likely N-dealkylation sites (tertiary alicyclic amines) is 1. The molecule has 0 aliphatic carbocycles. The number of rotatable bonds is 5. The highest BCUT2D eigenvalue weighted by molar-refractivity contribution is 7.92. The zero-order valence-corrected chi connectivity index (χ0v) is 15.3. The molecule has 2 aromatic rings. The molecule has 0 aromatic heterocycles. The summed E-state index contributed by atoms with van der Waals surface area (Å²) in [7, 11) is -3.40. The zero-order valence-electron chi connectivity index (χ0n) is 14.5. The lowest BCUT2D eigenvalue weighted by Gasteiger charge is -2.25. The number of halogens is 1. The number of hydrogen-bond acceptors (Lipinski definition) is 3. The lowest BCUT2D eigenvalue weighted by molar-refractivity contribution is 0.0736. The number of nitrogens with zero attached hydrogens (tertiary/aromatic N) is 1. The van der Waals surface area contributed by atoms with Crippen molar-refractivity contribution < 1.29 is 17.6 Å². The van der Waals surface area contributed by atoms with Gasteiger partial charge < -0.3 is 4.90 Å². The normalized spacial score (nSPS) is 17.3. The number of sulfonamides is 1. The molecule has 1 N–H and O–H groups in total. The molecule has 1 aliphatic rings. The molecule has 26 heavy (non-hydrogen) atoms. The fraction of sp³-hybridized carbons (Fsp3) is 0.316. The Morgan fingerprint density at radius 3 is 2.65 bits per heavy atom. The highest BCUT2D eigenvalue weighted by Gasteiger charge is 2.29.